The molecule has 0 bridgehead atoms. The molecule has 1 atom stereocenters. The summed E-state index contributed by atoms with van der Waals surface area (Å²) in [7, 11) is 1.50. The van der Waals surface area contributed by atoms with Gasteiger partial charge in [0.15, 0.2) is 12.4 Å². The molecule has 0 radical (unpaired) electrons. The molecule has 1 N–H and O–H groups in total. The zero-order chi connectivity index (χ0) is 23.5. The van der Waals surface area contributed by atoms with E-state index in [1.54, 1.807) is 24.3 Å². The quantitative estimate of drug-likeness (QED) is 0.403. The Bertz CT molecular complexity index is 1040. The molecule has 8 heteroatoms. The molecule has 1 heterocycles. The number of amides is 2. The first kappa shape index (κ1) is 23.1. The lowest BCUT2D eigenvalue weighted by Gasteiger charge is -2.24. The molecule has 2 aromatic carbocycles. The molecule has 1 saturated heterocycles. The van der Waals surface area contributed by atoms with Crippen LogP contribution in [0.3, 0.4) is 0 Å². The van der Waals surface area contributed by atoms with Gasteiger partial charge < -0.3 is 14.8 Å². The van der Waals surface area contributed by atoms with E-state index < -0.39 is 18.6 Å². The van der Waals surface area contributed by atoms with Crippen LogP contribution in [-0.4, -0.2) is 48.9 Å². The summed E-state index contributed by atoms with van der Waals surface area (Å²) >= 11 is 0. The maximum Gasteiger partial charge on any atom is 0.338 e. The maximum atomic E-state index is 12.7. The van der Waals surface area contributed by atoms with Crippen LogP contribution in [0.2, 0.25) is 0 Å². The number of methoxy groups -OCH3 is 1. The molecule has 1 aliphatic rings. The number of Topliss-reactive ketones (excluding diaryl/α,β-unsaturated/α-hetero) is 1. The molecular weight excluding hydrogens is 412 g/mol. The Morgan fingerprint density at radius 2 is 1.75 bits per heavy atom. The summed E-state index contributed by atoms with van der Waals surface area (Å²) < 4.78 is 10.2. The molecule has 3 rings (SSSR count). The van der Waals surface area contributed by atoms with Gasteiger partial charge in [-0.2, -0.15) is 0 Å². The van der Waals surface area contributed by atoms with Crippen molar-refractivity contribution >= 4 is 29.3 Å². The van der Waals surface area contributed by atoms with Crippen LogP contribution in [0, 0.1) is 0 Å². The highest BCUT2D eigenvalue weighted by Gasteiger charge is 2.40. The van der Waals surface area contributed by atoms with Crippen molar-refractivity contribution in [1.82, 2.24) is 5.32 Å². The molecule has 0 spiro atoms. The molecule has 1 unspecified atom stereocenters. The first-order valence-electron chi connectivity index (χ1n) is 10.2. The predicted octanol–water partition coefficient (Wildman–Crippen LogP) is 2.75. The molecule has 0 aromatic heterocycles. The number of anilines is 1. The van der Waals surface area contributed by atoms with E-state index in [1.165, 1.54) is 31.4 Å². The van der Waals surface area contributed by atoms with Gasteiger partial charge in [0, 0.05) is 11.1 Å². The van der Waals surface area contributed by atoms with Gasteiger partial charge in [0.25, 0.3) is 5.91 Å². The number of carbonyl (C=O) groups is 4. The second-order valence-electron chi connectivity index (χ2n) is 8.50. The van der Waals surface area contributed by atoms with Crippen LogP contribution in [0.15, 0.2) is 48.5 Å². The molecule has 8 nitrogen and oxygen atoms in total. The van der Waals surface area contributed by atoms with Gasteiger partial charge in [-0.05, 0) is 57.2 Å². The highest BCUT2D eigenvalue weighted by atomic mass is 16.5. The molecule has 2 aromatic rings. The smallest absolute Gasteiger partial charge is 0.338 e. The SMILES string of the molecule is COc1cccc(C(=O)COC(=O)c2ccc(N3C(=O)CC(NC(C)(C)C)C3=O)cc2)c1. The van der Waals surface area contributed by atoms with Crippen molar-refractivity contribution in [2.45, 2.75) is 38.8 Å². The summed E-state index contributed by atoms with van der Waals surface area (Å²) in [4.78, 5) is 50.8. The summed E-state index contributed by atoms with van der Waals surface area (Å²) in [5.41, 5.74) is 0.641. The van der Waals surface area contributed by atoms with Crippen molar-refractivity contribution in [1.29, 1.82) is 0 Å². The number of hydrogen-bond donors (Lipinski definition) is 1. The summed E-state index contributed by atoms with van der Waals surface area (Å²) in [5, 5.41) is 3.15. The second-order valence-corrected chi connectivity index (χ2v) is 8.50. The lowest BCUT2D eigenvalue weighted by molar-refractivity contribution is -0.121. The van der Waals surface area contributed by atoms with E-state index in [1.807, 2.05) is 20.8 Å². The zero-order valence-electron chi connectivity index (χ0n) is 18.5. The zero-order valence-corrected chi connectivity index (χ0v) is 18.5. The lowest BCUT2D eigenvalue weighted by atomic mass is 10.1. The summed E-state index contributed by atoms with van der Waals surface area (Å²) in [6, 6.07) is 11.9. The number of carbonyl (C=O) groups excluding carboxylic acids is 4. The van der Waals surface area contributed by atoms with Gasteiger partial charge in [-0.3, -0.25) is 14.4 Å². The average molecular weight is 438 g/mol. The molecular formula is C24H26N2O6. The minimum absolute atomic E-state index is 0.0757. The van der Waals surface area contributed by atoms with Gasteiger partial charge in [0.05, 0.1) is 30.8 Å². The van der Waals surface area contributed by atoms with Crippen LogP contribution in [0.25, 0.3) is 0 Å². The number of esters is 1. The van der Waals surface area contributed by atoms with Gasteiger partial charge in [0.1, 0.15) is 5.75 Å². The third-order valence-electron chi connectivity index (χ3n) is 4.84. The molecule has 0 saturated carbocycles. The van der Waals surface area contributed by atoms with Gasteiger partial charge >= 0.3 is 5.97 Å². The van der Waals surface area contributed by atoms with Crippen molar-refractivity contribution in [2.24, 2.45) is 0 Å². The number of nitrogens with zero attached hydrogens (tertiary/aromatic N) is 1. The minimum atomic E-state index is -0.681. The number of hydrogen-bond acceptors (Lipinski definition) is 7. The second kappa shape index (κ2) is 9.32. The highest BCUT2D eigenvalue weighted by Crippen LogP contribution is 2.24. The topological polar surface area (TPSA) is 102 Å². The third-order valence-corrected chi connectivity index (χ3v) is 4.84. The van der Waals surface area contributed by atoms with Crippen LogP contribution in [0.1, 0.15) is 47.9 Å². The van der Waals surface area contributed by atoms with Crippen LogP contribution in [0.4, 0.5) is 5.69 Å². The first-order chi connectivity index (χ1) is 15.1. The predicted molar refractivity (Wildman–Crippen MR) is 118 cm³/mol. The maximum absolute atomic E-state index is 12.7. The summed E-state index contributed by atoms with van der Waals surface area (Å²) in [5.74, 6) is -1.15. The van der Waals surface area contributed by atoms with Crippen LogP contribution in [-0.2, 0) is 14.3 Å². The molecule has 32 heavy (non-hydrogen) atoms. The number of benzene rings is 2. The third kappa shape index (κ3) is 5.39. The van der Waals surface area contributed by atoms with E-state index >= 15 is 0 Å². The molecule has 1 fully saturated rings. The molecule has 1 aliphatic heterocycles. The largest absolute Gasteiger partial charge is 0.497 e. The number of imide groups is 1. The van der Waals surface area contributed by atoms with Gasteiger partial charge in [-0.25, -0.2) is 9.69 Å². The van der Waals surface area contributed by atoms with Crippen molar-refractivity contribution in [3.8, 4) is 5.75 Å². The monoisotopic (exact) mass is 438 g/mol. The number of ketones is 1. The van der Waals surface area contributed by atoms with E-state index in [-0.39, 0.29) is 35.1 Å². The van der Waals surface area contributed by atoms with Crippen molar-refractivity contribution < 1.29 is 28.7 Å². The van der Waals surface area contributed by atoms with Crippen LogP contribution < -0.4 is 15.0 Å². The van der Waals surface area contributed by atoms with E-state index in [0.29, 0.717) is 17.0 Å². The lowest BCUT2D eigenvalue weighted by Crippen LogP contribution is -2.47. The van der Waals surface area contributed by atoms with E-state index in [9.17, 15) is 19.2 Å². The van der Waals surface area contributed by atoms with Gasteiger partial charge in [0.2, 0.25) is 5.91 Å². The Morgan fingerprint density at radius 1 is 1.06 bits per heavy atom. The fraction of sp³-hybridized carbons (Fsp3) is 0.333. The summed E-state index contributed by atoms with van der Waals surface area (Å²) in [6.45, 7) is 5.35. The highest BCUT2D eigenvalue weighted by molar-refractivity contribution is 6.22. The average Bonchev–Trinajstić information content (AvgIpc) is 3.03. The number of nitrogens with one attached hydrogen (secondary N) is 1. The van der Waals surface area contributed by atoms with Gasteiger partial charge in [-0.15, -0.1) is 0 Å². The molecule has 168 valence electrons. The Morgan fingerprint density at radius 3 is 2.38 bits per heavy atom. The number of ether oxygens (including phenoxy) is 2. The standard InChI is InChI=1S/C24H26N2O6/c1-24(2,3)25-19-13-21(28)26(22(19)29)17-10-8-15(9-11-17)23(30)32-14-20(27)16-6-5-7-18(12-16)31-4/h5-12,19,25H,13-14H2,1-4H3. The van der Waals surface area contributed by atoms with Crippen LogP contribution in [0.5, 0.6) is 5.75 Å². The summed E-state index contributed by atoms with van der Waals surface area (Å²) in [6.07, 6.45) is 0.0757. The van der Waals surface area contributed by atoms with Crippen molar-refractivity contribution in [2.75, 3.05) is 18.6 Å². The van der Waals surface area contributed by atoms with Crippen LogP contribution >= 0.6 is 0 Å². The van der Waals surface area contributed by atoms with E-state index in [0.717, 1.165) is 4.90 Å². The number of rotatable bonds is 7. The van der Waals surface area contributed by atoms with E-state index in [4.69, 9.17) is 9.47 Å². The van der Waals surface area contributed by atoms with Gasteiger partial charge in [-0.1, -0.05) is 12.1 Å². The Labute approximate surface area is 186 Å². The Hall–Kier alpha value is -3.52. The van der Waals surface area contributed by atoms with Crippen molar-refractivity contribution in [3.63, 3.8) is 0 Å². The fourth-order valence-electron chi connectivity index (χ4n) is 3.38. The molecule has 2 amide bonds. The van der Waals surface area contributed by atoms with Crippen molar-refractivity contribution in [3.05, 3.63) is 59.7 Å². The minimum Gasteiger partial charge on any atom is -0.497 e. The Balaban J connectivity index is 1.62. The Kier molecular flexibility index (Phi) is 6.74. The van der Waals surface area contributed by atoms with E-state index in [2.05, 4.69) is 5.32 Å². The fourth-order valence-corrected chi connectivity index (χ4v) is 3.38. The normalized spacial score (nSPS) is 16.2. The first-order valence-corrected chi connectivity index (χ1v) is 10.2. The molecule has 0 aliphatic carbocycles.